The van der Waals surface area contributed by atoms with Crippen LogP contribution in [0.2, 0.25) is 0 Å². The van der Waals surface area contributed by atoms with Crippen molar-refractivity contribution in [2.75, 3.05) is 6.61 Å². The molecule has 0 aromatic carbocycles. The molecule has 0 aliphatic carbocycles. The van der Waals surface area contributed by atoms with E-state index in [1.165, 1.54) is 11.9 Å². The summed E-state index contributed by atoms with van der Waals surface area (Å²) in [7, 11) is 0. The molecule has 0 aromatic heterocycles. The molecule has 11 heavy (non-hydrogen) atoms. The average molecular weight is 171 g/mol. The molecule has 60 valence electrons. The third-order valence-electron chi connectivity index (χ3n) is 1.07. The Hall–Kier alpha value is -0.900. The van der Waals surface area contributed by atoms with Crippen LogP contribution in [-0.4, -0.2) is 12.6 Å². The van der Waals surface area contributed by atoms with Gasteiger partial charge in [-0.25, -0.2) is 4.79 Å². The van der Waals surface area contributed by atoms with E-state index in [0.717, 1.165) is 0 Å². The zero-order chi connectivity index (χ0) is 8.10. The van der Waals surface area contributed by atoms with E-state index in [2.05, 4.69) is 4.72 Å². The third-order valence-corrected chi connectivity index (χ3v) is 1.70. The Morgan fingerprint density at radius 1 is 1.82 bits per heavy atom. The van der Waals surface area contributed by atoms with Crippen molar-refractivity contribution in [2.24, 2.45) is 0 Å². The second-order valence-electron chi connectivity index (χ2n) is 1.85. The maximum absolute atomic E-state index is 11.0. The molecule has 3 nitrogen and oxygen atoms in total. The highest BCUT2D eigenvalue weighted by Crippen LogP contribution is 2.09. The number of carbonyl (C=O) groups is 1. The van der Waals surface area contributed by atoms with Crippen molar-refractivity contribution < 1.29 is 9.53 Å². The molecular formula is C7H9NO2S. The lowest BCUT2D eigenvalue weighted by Gasteiger charge is -2.08. The summed E-state index contributed by atoms with van der Waals surface area (Å²) < 4.78 is 7.58. The van der Waals surface area contributed by atoms with Crippen molar-refractivity contribution in [3.8, 4) is 0 Å². The zero-order valence-corrected chi connectivity index (χ0v) is 6.98. The first-order valence-corrected chi connectivity index (χ1v) is 4.18. The topological polar surface area (TPSA) is 38.3 Å². The molecule has 0 saturated carbocycles. The number of hydrogen-bond acceptors (Lipinski definition) is 4. The van der Waals surface area contributed by atoms with E-state index in [0.29, 0.717) is 12.3 Å². The van der Waals surface area contributed by atoms with E-state index < -0.39 is 0 Å². The van der Waals surface area contributed by atoms with Crippen LogP contribution in [0.5, 0.6) is 0 Å². The minimum atomic E-state index is -0.302. The van der Waals surface area contributed by atoms with Gasteiger partial charge in [0, 0.05) is 0 Å². The smallest absolute Gasteiger partial charge is 0.355 e. The van der Waals surface area contributed by atoms with Crippen molar-refractivity contribution in [1.29, 1.82) is 0 Å². The Morgan fingerprint density at radius 2 is 2.64 bits per heavy atom. The fraction of sp³-hybridized carbons (Fsp3) is 0.286. The summed E-state index contributed by atoms with van der Waals surface area (Å²) in [5.41, 5.74) is 0.499. The Morgan fingerprint density at radius 3 is 3.18 bits per heavy atom. The van der Waals surface area contributed by atoms with Crippen LogP contribution in [0.15, 0.2) is 23.3 Å². The number of rotatable bonds is 2. The molecule has 0 atom stereocenters. The van der Waals surface area contributed by atoms with Crippen molar-refractivity contribution >= 4 is 17.9 Å². The number of nitrogens with one attached hydrogen (secondary N) is 1. The van der Waals surface area contributed by atoms with E-state index in [1.54, 1.807) is 19.1 Å². The highest BCUT2D eigenvalue weighted by Gasteiger charge is 2.09. The average Bonchev–Trinajstić information content (AvgIpc) is 2.07. The number of carbonyl (C=O) groups excluding carboxylic acids is 1. The summed E-state index contributed by atoms with van der Waals surface area (Å²) in [4.78, 5) is 11.0. The van der Waals surface area contributed by atoms with Crippen molar-refractivity contribution in [3.63, 3.8) is 0 Å². The van der Waals surface area contributed by atoms with Crippen LogP contribution in [0.3, 0.4) is 0 Å². The summed E-state index contributed by atoms with van der Waals surface area (Å²) in [5, 5.41) is 1.85. The van der Waals surface area contributed by atoms with Crippen molar-refractivity contribution in [3.05, 3.63) is 23.3 Å². The number of esters is 1. The first-order chi connectivity index (χ1) is 5.34. The molecule has 0 amide bonds. The summed E-state index contributed by atoms with van der Waals surface area (Å²) in [6, 6.07) is 0. The molecule has 1 N–H and O–H groups in total. The monoisotopic (exact) mass is 171 g/mol. The van der Waals surface area contributed by atoms with Gasteiger partial charge in [-0.2, -0.15) is 0 Å². The lowest BCUT2D eigenvalue weighted by molar-refractivity contribution is -0.138. The van der Waals surface area contributed by atoms with Crippen LogP contribution in [0.4, 0.5) is 0 Å². The van der Waals surface area contributed by atoms with E-state index in [1.807, 2.05) is 5.41 Å². The summed E-state index contributed by atoms with van der Waals surface area (Å²) >= 11 is 1.36. The Bertz CT molecular complexity index is 210. The lowest BCUT2D eigenvalue weighted by Crippen LogP contribution is -2.17. The van der Waals surface area contributed by atoms with Crippen LogP contribution in [0.1, 0.15) is 6.92 Å². The van der Waals surface area contributed by atoms with Gasteiger partial charge < -0.3 is 9.46 Å². The van der Waals surface area contributed by atoms with Gasteiger partial charge in [-0.05, 0) is 30.4 Å². The fourth-order valence-corrected chi connectivity index (χ4v) is 1.13. The molecule has 1 heterocycles. The van der Waals surface area contributed by atoms with Crippen LogP contribution in [0, 0.1) is 0 Å². The van der Waals surface area contributed by atoms with Gasteiger partial charge in [-0.3, -0.25) is 0 Å². The number of allylic oxidation sites excluding steroid dienone is 2. The Kier molecular flexibility index (Phi) is 3.04. The van der Waals surface area contributed by atoms with E-state index >= 15 is 0 Å². The normalized spacial score (nSPS) is 15.2. The van der Waals surface area contributed by atoms with Gasteiger partial charge in [0.25, 0.3) is 0 Å². The van der Waals surface area contributed by atoms with Crippen LogP contribution in [-0.2, 0) is 9.53 Å². The van der Waals surface area contributed by atoms with E-state index in [-0.39, 0.29) is 5.97 Å². The predicted octanol–water partition coefficient (Wildman–Crippen LogP) is 1.20. The van der Waals surface area contributed by atoms with Gasteiger partial charge in [0.15, 0.2) is 0 Å². The Labute approximate surface area is 69.6 Å². The molecule has 0 radical (unpaired) electrons. The van der Waals surface area contributed by atoms with Gasteiger partial charge in [-0.15, -0.1) is 0 Å². The molecule has 4 heteroatoms. The molecule has 1 rings (SSSR count). The largest absolute Gasteiger partial charge is 0.461 e. The van der Waals surface area contributed by atoms with Gasteiger partial charge in [0.1, 0.15) is 5.70 Å². The quantitative estimate of drug-likeness (QED) is 0.500. The first-order valence-electron chi connectivity index (χ1n) is 3.30. The highest BCUT2D eigenvalue weighted by molar-refractivity contribution is 8.00. The number of ether oxygens (including phenoxy) is 1. The molecule has 0 bridgehead atoms. The van der Waals surface area contributed by atoms with Crippen LogP contribution in [0.25, 0.3) is 0 Å². The molecule has 0 aromatic rings. The summed E-state index contributed by atoms with van der Waals surface area (Å²) in [5.74, 6) is -0.302. The molecular weight excluding hydrogens is 162 g/mol. The minimum Gasteiger partial charge on any atom is -0.461 e. The molecule has 0 unspecified atom stereocenters. The maximum Gasteiger partial charge on any atom is 0.355 e. The van der Waals surface area contributed by atoms with Crippen LogP contribution < -0.4 is 4.72 Å². The standard InChI is InChI=1S/C7H9NO2S/c1-2-10-7(9)6-4-3-5-11-8-6/h3-5,8H,2H2,1H3. The molecule has 0 saturated heterocycles. The zero-order valence-electron chi connectivity index (χ0n) is 6.16. The fourth-order valence-electron chi connectivity index (χ4n) is 0.625. The minimum absolute atomic E-state index is 0.302. The van der Waals surface area contributed by atoms with E-state index in [4.69, 9.17) is 4.74 Å². The van der Waals surface area contributed by atoms with Gasteiger partial charge in [0.05, 0.1) is 6.61 Å². The Balaban J connectivity index is 2.52. The second kappa shape index (κ2) is 4.08. The van der Waals surface area contributed by atoms with Crippen molar-refractivity contribution in [2.45, 2.75) is 6.92 Å². The molecule has 0 spiro atoms. The molecule has 1 aliphatic rings. The summed E-state index contributed by atoms with van der Waals surface area (Å²) in [6.45, 7) is 2.19. The predicted molar refractivity (Wildman–Crippen MR) is 44.6 cm³/mol. The summed E-state index contributed by atoms with van der Waals surface area (Å²) in [6.07, 6.45) is 3.49. The van der Waals surface area contributed by atoms with Crippen LogP contribution >= 0.6 is 11.9 Å². The lowest BCUT2D eigenvalue weighted by atomic mass is 10.4. The number of hydrogen-bond donors (Lipinski definition) is 1. The first kappa shape index (κ1) is 8.20. The van der Waals surface area contributed by atoms with Gasteiger partial charge >= 0.3 is 5.97 Å². The SMILES string of the molecule is CCOC(=O)C1=CC=CSN1. The highest BCUT2D eigenvalue weighted by atomic mass is 32.2. The third kappa shape index (κ3) is 2.31. The van der Waals surface area contributed by atoms with E-state index in [9.17, 15) is 4.79 Å². The van der Waals surface area contributed by atoms with Crippen molar-refractivity contribution in [1.82, 2.24) is 4.72 Å². The second-order valence-corrected chi connectivity index (χ2v) is 2.56. The maximum atomic E-state index is 11.0. The molecule has 0 fully saturated rings. The molecule has 1 aliphatic heterocycles. The van der Waals surface area contributed by atoms with Gasteiger partial charge in [-0.1, -0.05) is 6.08 Å². The van der Waals surface area contributed by atoms with Gasteiger partial charge in [0.2, 0.25) is 0 Å².